The lowest BCUT2D eigenvalue weighted by Gasteiger charge is -1.96. The van der Waals surface area contributed by atoms with Gasteiger partial charge in [-0.2, -0.15) is 0 Å². The Morgan fingerprint density at radius 3 is 2.79 bits per heavy atom. The van der Waals surface area contributed by atoms with E-state index < -0.39 is 9.84 Å². The fraction of sp³-hybridized carbons (Fsp3) is 0.143. The predicted octanol–water partition coefficient (Wildman–Crippen LogP) is 0.677. The summed E-state index contributed by atoms with van der Waals surface area (Å²) in [5, 5.41) is 1.07. The van der Waals surface area contributed by atoms with E-state index in [1.165, 1.54) is 17.7 Å². The van der Waals surface area contributed by atoms with Crippen LogP contribution in [0.2, 0.25) is 0 Å². The van der Waals surface area contributed by atoms with Crippen LogP contribution in [0.3, 0.4) is 0 Å². The van der Waals surface area contributed by atoms with Gasteiger partial charge in [-0.3, -0.25) is 0 Å². The van der Waals surface area contributed by atoms with Gasteiger partial charge in [0.1, 0.15) is 11.2 Å². The van der Waals surface area contributed by atoms with Crippen molar-refractivity contribution >= 4 is 36.4 Å². The number of nitrogen functional groups attached to an aromatic ring is 1. The number of hydrogen-bond donors (Lipinski definition) is 1. The maximum absolute atomic E-state index is 11.3. The van der Waals surface area contributed by atoms with Crippen LogP contribution in [0, 0.1) is 0 Å². The zero-order valence-corrected chi connectivity index (χ0v) is 8.89. The molecule has 0 amide bonds. The van der Waals surface area contributed by atoms with Crippen molar-refractivity contribution in [3.63, 3.8) is 0 Å². The van der Waals surface area contributed by atoms with Gasteiger partial charge in [0.2, 0.25) is 0 Å². The molecular weight excluding hydrogens is 222 g/mol. The highest BCUT2D eigenvalue weighted by atomic mass is 32.2. The number of thiophene rings is 1. The highest BCUT2D eigenvalue weighted by Crippen LogP contribution is 2.28. The molecule has 2 heterocycles. The maximum Gasteiger partial charge on any atom is 0.193 e. The molecule has 2 N–H and O–H groups in total. The number of nitrogens with two attached hydrogens (primary N) is 1. The maximum atomic E-state index is 11.3. The van der Waals surface area contributed by atoms with Gasteiger partial charge in [0.25, 0.3) is 0 Å². The van der Waals surface area contributed by atoms with Gasteiger partial charge in [-0.05, 0) is 6.07 Å². The Morgan fingerprint density at radius 2 is 2.14 bits per heavy atom. The Hall–Kier alpha value is -1.21. The molecule has 0 aromatic carbocycles. The topological polar surface area (TPSA) is 85.9 Å². The van der Waals surface area contributed by atoms with E-state index in [0.29, 0.717) is 15.2 Å². The quantitative estimate of drug-likeness (QED) is 0.726. The van der Waals surface area contributed by atoms with Crippen molar-refractivity contribution in [2.24, 2.45) is 0 Å². The first-order valence-electron chi connectivity index (χ1n) is 3.68. The third-order valence-corrected chi connectivity index (χ3v) is 3.56. The van der Waals surface area contributed by atoms with Gasteiger partial charge in [0.15, 0.2) is 14.9 Å². The van der Waals surface area contributed by atoms with Gasteiger partial charge in [0, 0.05) is 6.26 Å². The molecule has 0 unspecified atom stereocenters. The average molecular weight is 229 g/mol. The fourth-order valence-corrected chi connectivity index (χ4v) is 2.77. The van der Waals surface area contributed by atoms with E-state index in [2.05, 4.69) is 9.97 Å². The van der Waals surface area contributed by atoms with Crippen molar-refractivity contribution in [3.05, 3.63) is 12.4 Å². The van der Waals surface area contributed by atoms with Gasteiger partial charge >= 0.3 is 0 Å². The minimum Gasteiger partial charge on any atom is -0.391 e. The average Bonchev–Trinajstić information content (AvgIpc) is 2.41. The Labute approximate surface area is 84.5 Å². The second-order valence-corrected chi connectivity index (χ2v) is 5.81. The van der Waals surface area contributed by atoms with Crippen molar-refractivity contribution in [1.29, 1.82) is 0 Å². The molecule has 0 saturated carbocycles. The van der Waals surface area contributed by atoms with E-state index in [1.807, 2.05) is 0 Å². The summed E-state index contributed by atoms with van der Waals surface area (Å²) in [4.78, 5) is 8.28. The van der Waals surface area contributed by atoms with Crippen molar-refractivity contribution < 1.29 is 8.42 Å². The van der Waals surface area contributed by atoms with Crippen LogP contribution in [-0.2, 0) is 9.84 Å². The summed E-state index contributed by atoms with van der Waals surface area (Å²) < 4.78 is 22.7. The van der Waals surface area contributed by atoms with Crippen LogP contribution >= 0.6 is 11.3 Å². The summed E-state index contributed by atoms with van der Waals surface area (Å²) in [5.74, 6) is 0. The first kappa shape index (κ1) is 9.35. The van der Waals surface area contributed by atoms with Crippen LogP contribution in [0.25, 0.3) is 10.2 Å². The Morgan fingerprint density at radius 1 is 1.43 bits per heavy atom. The second-order valence-electron chi connectivity index (χ2n) is 2.82. The van der Waals surface area contributed by atoms with E-state index >= 15 is 0 Å². The summed E-state index contributed by atoms with van der Waals surface area (Å²) in [7, 11) is -3.32. The lowest BCUT2D eigenvalue weighted by molar-refractivity contribution is 0.599. The van der Waals surface area contributed by atoms with E-state index in [0.717, 1.165) is 6.26 Å². The summed E-state index contributed by atoms with van der Waals surface area (Å²) in [5.41, 5.74) is 5.56. The lowest BCUT2D eigenvalue weighted by Crippen LogP contribution is -2.00. The van der Waals surface area contributed by atoms with Crippen LogP contribution in [0.1, 0.15) is 0 Å². The van der Waals surface area contributed by atoms with Crippen LogP contribution < -0.4 is 5.73 Å². The van der Waals surface area contributed by atoms with E-state index in [1.54, 1.807) is 6.07 Å². The molecule has 0 fully saturated rings. The summed E-state index contributed by atoms with van der Waals surface area (Å²) in [6, 6.07) is 1.58. The molecule has 0 aliphatic heterocycles. The number of aromatic nitrogens is 2. The van der Waals surface area contributed by atoms with Crippen LogP contribution in [0.4, 0.5) is 5.00 Å². The summed E-state index contributed by atoms with van der Waals surface area (Å²) >= 11 is 1.24. The summed E-state index contributed by atoms with van der Waals surface area (Å²) in [6.07, 6.45) is 2.34. The smallest absolute Gasteiger partial charge is 0.193 e. The molecule has 0 radical (unpaired) electrons. The van der Waals surface area contributed by atoms with E-state index in [9.17, 15) is 8.42 Å². The molecular formula is C7H7N3O2S2. The van der Waals surface area contributed by atoms with Crippen molar-refractivity contribution in [2.45, 2.75) is 5.03 Å². The van der Waals surface area contributed by atoms with Crippen molar-refractivity contribution in [3.8, 4) is 0 Å². The van der Waals surface area contributed by atoms with Gasteiger partial charge < -0.3 is 5.73 Å². The third kappa shape index (κ3) is 1.44. The first-order valence-corrected chi connectivity index (χ1v) is 6.39. The number of rotatable bonds is 1. The van der Waals surface area contributed by atoms with E-state index in [4.69, 9.17) is 5.73 Å². The summed E-state index contributed by atoms with van der Waals surface area (Å²) in [6.45, 7) is 0. The van der Waals surface area contributed by atoms with Crippen molar-refractivity contribution in [2.75, 3.05) is 12.0 Å². The fourth-order valence-electron chi connectivity index (χ4n) is 1.15. The number of sulfone groups is 1. The number of hydrogen-bond acceptors (Lipinski definition) is 6. The third-order valence-electron chi connectivity index (χ3n) is 1.66. The molecule has 14 heavy (non-hydrogen) atoms. The van der Waals surface area contributed by atoms with Gasteiger partial charge in [-0.1, -0.05) is 11.3 Å². The highest BCUT2D eigenvalue weighted by Gasteiger charge is 2.15. The zero-order valence-electron chi connectivity index (χ0n) is 7.26. The highest BCUT2D eigenvalue weighted by molar-refractivity contribution is 7.90. The molecule has 0 aliphatic rings. The number of fused-ring (bicyclic) bond motifs is 1. The SMILES string of the molecule is CS(=O)(=O)c1ncnc2sc(N)cc12. The Kier molecular flexibility index (Phi) is 1.93. The molecule has 0 bridgehead atoms. The molecule has 5 nitrogen and oxygen atoms in total. The first-order chi connectivity index (χ1) is 6.48. The molecule has 2 rings (SSSR count). The molecule has 7 heteroatoms. The second kappa shape index (κ2) is 2.89. The molecule has 0 atom stereocenters. The van der Waals surface area contributed by atoms with Crippen molar-refractivity contribution in [1.82, 2.24) is 9.97 Å². The van der Waals surface area contributed by atoms with Gasteiger partial charge in [0.05, 0.1) is 10.4 Å². The standard InChI is InChI=1S/C7H7N3O2S2/c1-14(11,12)7-4-2-5(8)13-6(4)9-3-10-7/h2-3H,8H2,1H3. The van der Waals surface area contributed by atoms with E-state index in [-0.39, 0.29) is 5.03 Å². The molecule has 0 spiro atoms. The normalized spacial score (nSPS) is 12.1. The van der Waals surface area contributed by atoms with Gasteiger partial charge in [-0.15, -0.1) is 0 Å². The minimum absolute atomic E-state index is 0.0375. The van der Waals surface area contributed by atoms with Gasteiger partial charge in [-0.25, -0.2) is 18.4 Å². The Balaban J connectivity index is 2.90. The predicted molar refractivity (Wildman–Crippen MR) is 54.9 cm³/mol. The van der Waals surface area contributed by atoms with Crippen LogP contribution in [0.5, 0.6) is 0 Å². The molecule has 0 saturated heterocycles. The Bertz CT molecular complexity index is 588. The van der Waals surface area contributed by atoms with Crippen LogP contribution in [0.15, 0.2) is 17.4 Å². The molecule has 2 aromatic rings. The molecule has 0 aliphatic carbocycles. The zero-order chi connectivity index (χ0) is 10.3. The number of anilines is 1. The lowest BCUT2D eigenvalue weighted by atomic mass is 10.4. The van der Waals surface area contributed by atoms with Crippen LogP contribution in [-0.4, -0.2) is 24.6 Å². The molecule has 74 valence electrons. The number of nitrogens with zero attached hydrogens (tertiary/aromatic N) is 2. The molecule has 2 aromatic heterocycles. The monoisotopic (exact) mass is 229 g/mol. The largest absolute Gasteiger partial charge is 0.391 e. The minimum atomic E-state index is -3.32.